The lowest BCUT2D eigenvalue weighted by Crippen LogP contribution is -1.78. The Morgan fingerprint density at radius 3 is 2.53 bits per heavy atom. The third kappa shape index (κ3) is 4.17. The van der Waals surface area contributed by atoms with E-state index in [1.807, 2.05) is 18.3 Å². The van der Waals surface area contributed by atoms with Gasteiger partial charge in [-0.3, -0.25) is 0 Å². The second kappa shape index (κ2) is 7.07. The molecule has 0 aliphatic rings. The van der Waals surface area contributed by atoms with Gasteiger partial charge < -0.3 is 10.1 Å². The fraction of sp³-hybridized carbons (Fsp3) is 0.385. The predicted molar refractivity (Wildman–Crippen MR) is 64.9 cm³/mol. The molecule has 1 aromatic carbocycles. The first-order chi connectivity index (χ1) is 7.38. The molecule has 0 saturated carbocycles. The third-order valence-corrected chi connectivity index (χ3v) is 2.22. The zero-order chi connectivity index (χ0) is 10.9. The topological polar surface area (TPSA) is 36.0 Å². The molecule has 2 N–H and O–H groups in total. The molecule has 2 heteroatoms. The molecule has 15 heavy (non-hydrogen) atoms. The van der Waals surface area contributed by atoms with Crippen molar-refractivity contribution in [3.8, 4) is 0 Å². The van der Waals surface area contributed by atoms with Crippen LogP contribution in [-0.4, -0.2) is 16.7 Å². The summed E-state index contributed by atoms with van der Waals surface area (Å²) in [6, 6.07) is 10.3. The third-order valence-electron chi connectivity index (χ3n) is 2.22. The number of nitrogens with one attached hydrogen (secondary N) is 1. The van der Waals surface area contributed by atoms with Crippen LogP contribution in [0.2, 0.25) is 0 Å². The first-order valence-corrected chi connectivity index (χ1v) is 5.51. The molecular weight excluding hydrogens is 186 g/mol. The number of para-hydroxylation sites is 1. The molecule has 2 aromatic rings. The van der Waals surface area contributed by atoms with Crippen molar-refractivity contribution in [2.45, 2.75) is 26.2 Å². The van der Waals surface area contributed by atoms with Crippen LogP contribution in [0.5, 0.6) is 0 Å². The van der Waals surface area contributed by atoms with E-state index in [1.54, 1.807) is 0 Å². The molecule has 0 atom stereocenters. The molecule has 0 spiro atoms. The van der Waals surface area contributed by atoms with Gasteiger partial charge in [0.15, 0.2) is 0 Å². The second-order valence-corrected chi connectivity index (χ2v) is 3.50. The molecule has 2 nitrogen and oxygen atoms in total. The monoisotopic (exact) mass is 205 g/mol. The summed E-state index contributed by atoms with van der Waals surface area (Å²) in [5.41, 5.74) is 1.21. The number of aliphatic hydroxyl groups excluding tert-OH is 1. The normalized spacial score (nSPS) is 9.73. The van der Waals surface area contributed by atoms with Gasteiger partial charge >= 0.3 is 0 Å². The number of H-pyrrole nitrogens is 1. The van der Waals surface area contributed by atoms with Gasteiger partial charge in [0.2, 0.25) is 0 Å². The lowest BCUT2D eigenvalue weighted by molar-refractivity contribution is 0.284. The van der Waals surface area contributed by atoms with E-state index < -0.39 is 0 Å². The highest BCUT2D eigenvalue weighted by Crippen LogP contribution is 2.09. The van der Waals surface area contributed by atoms with E-state index in [0.29, 0.717) is 6.61 Å². The number of aliphatic hydroxyl groups is 1. The van der Waals surface area contributed by atoms with Crippen LogP contribution in [-0.2, 0) is 0 Å². The van der Waals surface area contributed by atoms with Crippen LogP contribution in [0.25, 0.3) is 10.9 Å². The number of rotatable bonds is 3. The average Bonchev–Trinajstić information content (AvgIpc) is 2.75. The van der Waals surface area contributed by atoms with Crippen LogP contribution in [0.15, 0.2) is 36.5 Å². The van der Waals surface area contributed by atoms with Gasteiger partial charge in [0.05, 0.1) is 0 Å². The lowest BCUT2D eigenvalue weighted by Gasteiger charge is -1.85. The molecule has 0 fully saturated rings. The van der Waals surface area contributed by atoms with E-state index >= 15 is 0 Å². The minimum atomic E-state index is 0.355. The Morgan fingerprint density at radius 2 is 1.93 bits per heavy atom. The van der Waals surface area contributed by atoms with Crippen molar-refractivity contribution in [3.05, 3.63) is 36.5 Å². The maximum atomic E-state index is 8.20. The van der Waals surface area contributed by atoms with E-state index in [1.165, 1.54) is 17.3 Å². The summed E-state index contributed by atoms with van der Waals surface area (Å²) in [5, 5.41) is 9.47. The smallest absolute Gasteiger partial charge is 0.0453 e. The van der Waals surface area contributed by atoms with E-state index in [4.69, 9.17) is 5.11 Å². The molecule has 0 saturated heterocycles. The summed E-state index contributed by atoms with van der Waals surface area (Å²) >= 11 is 0. The van der Waals surface area contributed by atoms with Gasteiger partial charge in [0, 0.05) is 18.3 Å². The molecule has 1 heterocycles. The summed E-state index contributed by atoms with van der Waals surface area (Å²) in [6.07, 6.45) is 5.28. The minimum Gasteiger partial charge on any atom is -0.396 e. The molecule has 82 valence electrons. The Kier molecular flexibility index (Phi) is 5.56. The highest BCUT2D eigenvalue weighted by atomic mass is 16.2. The molecular formula is C13H19NO. The van der Waals surface area contributed by atoms with Crippen LogP contribution in [0.3, 0.4) is 0 Å². The molecule has 0 radical (unpaired) electrons. The number of benzene rings is 1. The number of hydrogen-bond donors (Lipinski definition) is 2. The number of aromatic amines is 1. The highest BCUT2D eigenvalue weighted by Gasteiger charge is 1.86. The fourth-order valence-corrected chi connectivity index (χ4v) is 1.36. The Hall–Kier alpha value is -1.28. The quantitative estimate of drug-likeness (QED) is 0.741. The van der Waals surface area contributed by atoms with Gasteiger partial charge in [0.1, 0.15) is 0 Å². The highest BCUT2D eigenvalue weighted by molar-refractivity contribution is 5.78. The Labute approximate surface area is 90.9 Å². The van der Waals surface area contributed by atoms with Crippen LogP contribution in [0.1, 0.15) is 26.2 Å². The molecule has 0 aliphatic heterocycles. The van der Waals surface area contributed by atoms with Gasteiger partial charge in [-0.15, -0.1) is 0 Å². The van der Waals surface area contributed by atoms with Crippen molar-refractivity contribution >= 4 is 10.9 Å². The first-order valence-electron chi connectivity index (χ1n) is 5.51. The van der Waals surface area contributed by atoms with Crippen molar-refractivity contribution < 1.29 is 5.11 Å². The van der Waals surface area contributed by atoms with Crippen molar-refractivity contribution in [2.75, 3.05) is 6.61 Å². The Bertz CT molecular complexity index is 333. The van der Waals surface area contributed by atoms with Crippen LogP contribution >= 0.6 is 0 Å². The van der Waals surface area contributed by atoms with Crippen molar-refractivity contribution in [1.29, 1.82) is 0 Å². The van der Waals surface area contributed by atoms with E-state index in [0.717, 1.165) is 12.8 Å². The summed E-state index contributed by atoms with van der Waals surface area (Å²) < 4.78 is 0. The van der Waals surface area contributed by atoms with Crippen LogP contribution in [0.4, 0.5) is 0 Å². The maximum Gasteiger partial charge on any atom is 0.0453 e. The van der Waals surface area contributed by atoms with Gasteiger partial charge in [-0.05, 0) is 23.9 Å². The predicted octanol–water partition coefficient (Wildman–Crippen LogP) is 3.34. The van der Waals surface area contributed by atoms with Crippen molar-refractivity contribution in [1.82, 2.24) is 4.98 Å². The molecule has 0 bridgehead atoms. The summed E-state index contributed by atoms with van der Waals surface area (Å²) in [5.74, 6) is 0. The van der Waals surface area contributed by atoms with E-state index in [2.05, 4.69) is 30.1 Å². The summed E-state index contributed by atoms with van der Waals surface area (Å²) in [6.45, 7) is 2.48. The molecule has 2 rings (SSSR count). The summed E-state index contributed by atoms with van der Waals surface area (Å²) in [4.78, 5) is 3.12. The van der Waals surface area contributed by atoms with E-state index in [9.17, 15) is 0 Å². The fourth-order valence-electron chi connectivity index (χ4n) is 1.36. The molecule has 0 amide bonds. The Morgan fingerprint density at radius 1 is 1.13 bits per heavy atom. The molecule has 0 unspecified atom stereocenters. The molecule has 1 aromatic heterocycles. The van der Waals surface area contributed by atoms with Gasteiger partial charge in [-0.25, -0.2) is 0 Å². The SMILES string of the molecule is CCCCCO.c1ccc2[nH]ccc2c1. The standard InChI is InChI=1S/C8H7N.C5H12O/c1-2-4-8-7(3-1)5-6-9-8;1-2-3-4-5-6/h1-6,9H;6H,2-5H2,1H3. The van der Waals surface area contributed by atoms with Crippen LogP contribution < -0.4 is 0 Å². The lowest BCUT2D eigenvalue weighted by atomic mass is 10.3. The Balaban J connectivity index is 0.000000167. The summed E-state index contributed by atoms with van der Waals surface area (Å²) in [7, 11) is 0. The van der Waals surface area contributed by atoms with Crippen molar-refractivity contribution in [3.63, 3.8) is 0 Å². The van der Waals surface area contributed by atoms with Gasteiger partial charge in [-0.1, -0.05) is 38.0 Å². The average molecular weight is 205 g/mol. The number of hydrogen-bond acceptors (Lipinski definition) is 1. The van der Waals surface area contributed by atoms with Crippen LogP contribution in [0, 0.1) is 0 Å². The van der Waals surface area contributed by atoms with Gasteiger partial charge in [-0.2, -0.15) is 0 Å². The largest absolute Gasteiger partial charge is 0.396 e. The van der Waals surface area contributed by atoms with Gasteiger partial charge in [0.25, 0.3) is 0 Å². The number of unbranched alkanes of at least 4 members (excludes halogenated alkanes) is 2. The number of fused-ring (bicyclic) bond motifs is 1. The number of aromatic nitrogens is 1. The zero-order valence-electron chi connectivity index (χ0n) is 9.24. The zero-order valence-corrected chi connectivity index (χ0v) is 9.24. The van der Waals surface area contributed by atoms with E-state index in [-0.39, 0.29) is 0 Å². The van der Waals surface area contributed by atoms with Crippen molar-refractivity contribution in [2.24, 2.45) is 0 Å². The minimum absolute atomic E-state index is 0.355. The molecule has 0 aliphatic carbocycles. The second-order valence-electron chi connectivity index (χ2n) is 3.50. The maximum absolute atomic E-state index is 8.20. The first kappa shape index (κ1) is 11.8.